The molecule has 10 heteroatoms. The molecule has 9 nitrogen and oxygen atoms in total. The van der Waals surface area contributed by atoms with Crippen molar-refractivity contribution in [2.45, 2.75) is 27.3 Å². The van der Waals surface area contributed by atoms with Crippen molar-refractivity contribution in [3.8, 4) is 0 Å². The van der Waals surface area contributed by atoms with Gasteiger partial charge in [-0.25, -0.2) is 14.5 Å². The summed E-state index contributed by atoms with van der Waals surface area (Å²) in [5.41, 5.74) is 9.48. The van der Waals surface area contributed by atoms with E-state index in [1.165, 1.54) is 14.1 Å². The predicted octanol–water partition coefficient (Wildman–Crippen LogP) is 0.835. The van der Waals surface area contributed by atoms with Crippen LogP contribution in [0.1, 0.15) is 17.1 Å². The minimum Gasteiger partial charge on any atom is -0.382 e. The lowest BCUT2D eigenvalue weighted by atomic mass is 10.2. The molecule has 0 spiro atoms. The number of anilines is 1. The van der Waals surface area contributed by atoms with Crippen LogP contribution in [-0.2, 0) is 21.6 Å². The fraction of sp³-hybridized carbons (Fsp3) is 0.600. The summed E-state index contributed by atoms with van der Waals surface area (Å²) in [5, 5.41) is 0. The summed E-state index contributed by atoms with van der Waals surface area (Å²) in [6, 6.07) is 0. The van der Waals surface area contributed by atoms with Gasteiger partial charge in [0.2, 0.25) is 0 Å². The molecule has 2 aromatic rings. The van der Waals surface area contributed by atoms with Crippen LogP contribution in [0.2, 0.25) is 0 Å². The van der Waals surface area contributed by atoms with E-state index in [0.717, 1.165) is 22.6 Å². The minimum atomic E-state index is -4.16. The first-order valence-corrected chi connectivity index (χ1v) is 9.33. The smallest absolute Gasteiger partial charge is 0.382 e. The van der Waals surface area contributed by atoms with Crippen molar-refractivity contribution < 1.29 is 21.6 Å². The average Bonchev–Trinajstić information content (AvgIpc) is 2.81. The van der Waals surface area contributed by atoms with E-state index in [1.807, 2.05) is 25.3 Å². The third-order valence-electron chi connectivity index (χ3n) is 4.45. The predicted molar refractivity (Wildman–Crippen MR) is 95.5 cm³/mol. The van der Waals surface area contributed by atoms with Crippen LogP contribution in [0.15, 0.2) is 0 Å². The largest absolute Gasteiger partial charge is 0.432 e. The Hall–Kier alpha value is -1.75. The van der Waals surface area contributed by atoms with E-state index in [1.54, 1.807) is 0 Å². The lowest BCUT2D eigenvalue weighted by molar-refractivity contribution is -0.768. The number of nitrogens with two attached hydrogens (primary N) is 1. The van der Waals surface area contributed by atoms with Gasteiger partial charge in [-0.05, 0) is 26.3 Å². The quantitative estimate of drug-likeness (QED) is 0.419. The van der Waals surface area contributed by atoms with Crippen molar-refractivity contribution in [1.82, 2.24) is 14.5 Å². The number of fused-ring (bicyclic) bond motifs is 1. The van der Waals surface area contributed by atoms with Crippen LogP contribution in [0.5, 0.6) is 0 Å². The molecule has 2 rings (SSSR count). The number of pyridine rings is 1. The van der Waals surface area contributed by atoms with Crippen molar-refractivity contribution >= 4 is 27.2 Å². The normalized spacial score (nSPS) is 12.9. The van der Waals surface area contributed by atoms with Crippen LogP contribution in [0.4, 0.5) is 5.82 Å². The first-order valence-electron chi connectivity index (χ1n) is 7.93. The third kappa shape index (κ3) is 3.92. The second kappa shape index (κ2) is 6.87. The molecule has 140 valence electrons. The molecule has 0 fully saturated rings. The van der Waals surface area contributed by atoms with Crippen LogP contribution >= 0.6 is 0 Å². The number of rotatable bonds is 7. The summed E-state index contributed by atoms with van der Waals surface area (Å²) >= 11 is 0. The average molecular weight is 372 g/mol. The molecule has 25 heavy (non-hydrogen) atoms. The van der Waals surface area contributed by atoms with Gasteiger partial charge >= 0.3 is 10.3 Å². The van der Waals surface area contributed by atoms with Gasteiger partial charge in [0.05, 0.1) is 32.8 Å². The van der Waals surface area contributed by atoms with Crippen LogP contribution in [0.3, 0.4) is 0 Å². The summed E-state index contributed by atoms with van der Waals surface area (Å²) in [7, 11) is -1.34. The van der Waals surface area contributed by atoms with E-state index in [-0.39, 0.29) is 13.2 Å². The monoisotopic (exact) mass is 372 g/mol. The van der Waals surface area contributed by atoms with Crippen molar-refractivity contribution in [1.29, 1.82) is 0 Å². The van der Waals surface area contributed by atoms with Gasteiger partial charge in [0.1, 0.15) is 17.9 Å². The molecule has 0 aliphatic rings. The first-order chi connectivity index (χ1) is 11.5. The Morgan fingerprint density at radius 1 is 1.20 bits per heavy atom. The Morgan fingerprint density at radius 2 is 1.84 bits per heavy atom. The second-order valence-electron chi connectivity index (χ2n) is 6.57. The van der Waals surface area contributed by atoms with Gasteiger partial charge in [-0.2, -0.15) is 3.89 Å². The van der Waals surface area contributed by atoms with E-state index < -0.39 is 14.2 Å². The highest BCUT2D eigenvalue weighted by Gasteiger charge is 2.30. The van der Waals surface area contributed by atoms with Crippen LogP contribution in [0, 0.1) is 20.8 Å². The highest BCUT2D eigenvalue weighted by atomic mass is 32.2. The molecule has 0 unspecified atom stereocenters. The number of aryl methyl sites for hydroxylation is 3. The molecular formula is C15H26N5O4S+. The molecule has 0 radical (unpaired) electrons. The molecule has 0 saturated carbocycles. The summed E-state index contributed by atoms with van der Waals surface area (Å²) in [6.07, 6.45) is 0. The Balaban J connectivity index is 2.06. The molecule has 3 N–H and O–H groups in total. The number of quaternary nitrogens is 1. The number of imidazole rings is 1. The Morgan fingerprint density at radius 3 is 2.44 bits per heavy atom. The van der Waals surface area contributed by atoms with Gasteiger partial charge in [-0.15, -0.1) is 8.42 Å². The molecular weight excluding hydrogens is 346 g/mol. The van der Waals surface area contributed by atoms with Gasteiger partial charge in [-0.1, -0.05) is 0 Å². The number of hydrogen-bond donors (Lipinski definition) is 2. The minimum absolute atomic E-state index is 0.150. The van der Waals surface area contributed by atoms with E-state index in [2.05, 4.69) is 9.97 Å². The third-order valence-corrected chi connectivity index (χ3v) is 5.88. The molecule has 0 aliphatic heterocycles. The number of aromatic nitrogens is 3. The van der Waals surface area contributed by atoms with Crippen molar-refractivity contribution in [2.24, 2.45) is 0 Å². The van der Waals surface area contributed by atoms with E-state index >= 15 is 0 Å². The van der Waals surface area contributed by atoms with E-state index in [4.69, 9.17) is 15.0 Å². The van der Waals surface area contributed by atoms with Gasteiger partial charge in [0.15, 0.2) is 5.82 Å². The summed E-state index contributed by atoms with van der Waals surface area (Å²) in [6.45, 7) is 7.09. The molecule has 0 aromatic carbocycles. The lowest BCUT2D eigenvalue weighted by Gasteiger charge is -2.24. The van der Waals surface area contributed by atoms with Crippen molar-refractivity contribution in [2.75, 3.05) is 39.6 Å². The highest BCUT2D eigenvalue weighted by molar-refractivity contribution is 7.80. The second-order valence-corrected chi connectivity index (χ2v) is 8.46. The van der Waals surface area contributed by atoms with Crippen LogP contribution in [-0.4, -0.2) is 65.2 Å². The number of nitrogens with zero attached hydrogens (tertiary/aromatic N) is 4. The van der Waals surface area contributed by atoms with Crippen molar-refractivity contribution in [3.63, 3.8) is 0 Å². The zero-order valence-corrected chi connectivity index (χ0v) is 16.1. The fourth-order valence-corrected chi connectivity index (χ4v) is 2.85. The maximum Gasteiger partial charge on any atom is 0.432 e. The zero-order chi connectivity index (χ0) is 19.0. The highest BCUT2D eigenvalue weighted by Crippen LogP contribution is 2.25. The number of hydrogen-bond acceptors (Lipinski definition) is 6. The molecule has 0 atom stereocenters. The lowest BCUT2D eigenvalue weighted by Crippen LogP contribution is -2.47. The van der Waals surface area contributed by atoms with E-state index in [0.29, 0.717) is 24.5 Å². The number of likely N-dealkylation sites (N-methyl/N-ethyl adjacent to an activating group) is 1. The molecule has 0 aliphatic carbocycles. The molecule has 0 saturated heterocycles. The Kier molecular flexibility index (Phi) is 5.38. The summed E-state index contributed by atoms with van der Waals surface area (Å²) in [5.74, 6) is 1.22. The Labute approximate surface area is 147 Å². The molecule has 0 bridgehead atoms. The van der Waals surface area contributed by atoms with Gasteiger partial charge in [-0.3, -0.25) is 0 Å². The number of ether oxygens (including phenoxy) is 1. The molecule has 0 amide bonds. The van der Waals surface area contributed by atoms with Crippen LogP contribution < -0.4 is 5.73 Å². The topological polar surface area (TPSA) is 120 Å². The number of nitrogen functional groups attached to an aromatic ring is 1. The maximum atomic E-state index is 11.2. The summed E-state index contributed by atoms with van der Waals surface area (Å²) < 4.78 is 38.7. The maximum absolute atomic E-state index is 11.2. The molecule has 2 aromatic heterocycles. The van der Waals surface area contributed by atoms with Crippen LogP contribution in [0.25, 0.3) is 11.0 Å². The first kappa shape index (κ1) is 19.6. The van der Waals surface area contributed by atoms with Gasteiger partial charge in [0, 0.05) is 12.2 Å². The SMILES string of the molecule is Cc1nc(N)c2nc(C)n(CCOCC[N+](C)(C)S(=O)(=O)O)c2c1C. The zero-order valence-electron chi connectivity index (χ0n) is 15.3. The van der Waals surface area contributed by atoms with Gasteiger partial charge < -0.3 is 15.0 Å². The van der Waals surface area contributed by atoms with Gasteiger partial charge in [0.25, 0.3) is 0 Å². The fourth-order valence-electron chi connectivity index (χ4n) is 2.54. The van der Waals surface area contributed by atoms with E-state index in [9.17, 15) is 8.42 Å². The summed E-state index contributed by atoms with van der Waals surface area (Å²) in [4.78, 5) is 8.79. The Bertz CT molecular complexity index is 889. The molecule has 2 heterocycles. The van der Waals surface area contributed by atoms with Crippen molar-refractivity contribution in [3.05, 3.63) is 17.1 Å². The standard InChI is InChI=1S/C15H25N5O4S/c1-10-11(2)17-15(16)13-14(10)19(12(3)18-13)6-8-24-9-7-20(4,5)25(21,22)23/h6-9H2,1-5H3,(H2-,16,17,21,22,23)/p+1.